The molecule has 0 atom stereocenters. The van der Waals surface area contributed by atoms with Crippen LogP contribution in [0.1, 0.15) is 57.4 Å². The number of rotatable bonds is 8. The van der Waals surface area contributed by atoms with Crippen molar-refractivity contribution in [3.05, 3.63) is 294 Å². The summed E-state index contributed by atoms with van der Waals surface area (Å²) in [6.45, 7) is 8.99. The molecule has 0 saturated heterocycles. The summed E-state index contributed by atoms with van der Waals surface area (Å²) in [5.74, 6) is 1.45. The van der Waals surface area contributed by atoms with Crippen LogP contribution < -0.4 is 5.46 Å². The summed E-state index contributed by atoms with van der Waals surface area (Å²) in [5, 5.41) is 18.6. The second-order valence-corrected chi connectivity index (χ2v) is 22.7. The molecule has 2 heterocycles. The summed E-state index contributed by atoms with van der Waals surface area (Å²) in [7, 11) is -1.41. The van der Waals surface area contributed by atoms with E-state index in [-0.39, 0.29) is 18.3 Å². The zero-order chi connectivity index (χ0) is 56.4. The molecule has 2 aromatic heterocycles. The Morgan fingerprint density at radius 3 is 1.07 bits per heavy atom. The van der Waals surface area contributed by atoms with Crippen LogP contribution in [0.3, 0.4) is 0 Å². The first-order valence-corrected chi connectivity index (χ1v) is 28.4. The molecule has 14 rings (SSSR count). The second-order valence-electron chi connectivity index (χ2n) is 21.8. The highest BCUT2D eigenvalue weighted by atomic mass is 79.9. The maximum Gasteiger partial charge on any atom is 0.488 e. The van der Waals surface area contributed by atoms with Gasteiger partial charge in [0.25, 0.3) is 0 Å². The number of hydrogen-bond donors (Lipinski definition) is 2. The van der Waals surface area contributed by atoms with Gasteiger partial charge in [0.1, 0.15) is 0 Å². The average molecular weight is 1140 g/mol. The van der Waals surface area contributed by atoms with Crippen LogP contribution in [0, 0.1) is 0 Å². The third-order valence-electron chi connectivity index (χ3n) is 15.8. The Morgan fingerprint density at radius 2 is 0.639 bits per heavy atom. The van der Waals surface area contributed by atoms with Crippen LogP contribution in [0.4, 0.5) is 0 Å². The van der Waals surface area contributed by atoms with Crippen LogP contribution in [-0.4, -0.2) is 37.1 Å². The number of aromatic nitrogens is 4. The molecule has 0 saturated carbocycles. The van der Waals surface area contributed by atoms with Crippen molar-refractivity contribution in [1.82, 2.24) is 19.9 Å². The molecule has 0 aliphatic heterocycles. The van der Waals surface area contributed by atoms with Crippen molar-refractivity contribution in [2.45, 2.75) is 46.0 Å². The highest BCUT2D eigenvalue weighted by molar-refractivity contribution is 9.10. The van der Waals surface area contributed by atoms with Crippen LogP contribution >= 0.6 is 15.9 Å². The Kier molecular flexibility index (Phi) is 15.9. The molecule has 0 bridgehead atoms. The fourth-order valence-corrected chi connectivity index (χ4v) is 11.8. The third-order valence-corrected chi connectivity index (χ3v) is 16.2. The number of halogens is 1. The SMILES string of the molecule is Brc1cccc(-c2nc(-c3ccccc3)cc(-c3ccccc3)n2)c1.C.CC1(C)c2ccccc2-c2ccc(-c3cccc(-c4nc(-c5ccccc5)cc(-c5ccccc5)n4)c3)cc21.CC1(C)c2ccccc2-c2ccc(B(O)O)cc21. The topological polar surface area (TPSA) is 92.0 Å². The van der Waals surface area contributed by atoms with E-state index in [9.17, 15) is 10.0 Å². The Bertz CT molecular complexity index is 4150. The van der Waals surface area contributed by atoms with Crippen molar-refractivity contribution in [1.29, 1.82) is 0 Å². The van der Waals surface area contributed by atoms with E-state index in [0.29, 0.717) is 5.46 Å². The quantitative estimate of drug-likeness (QED) is 0.147. The van der Waals surface area contributed by atoms with E-state index in [4.69, 9.17) is 19.9 Å². The summed E-state index contributed by atoms with van der Waals surface area (Å²) in [4.78, 5) is 19.7. The zero-order valence-electron chi connectivity index (χ0n) is 46.0. The molecule has 0 spiro atoms. The first kappa shape index (κ1) is 55.7. The summed E-state index contributed by atoms with van der Waals surface area (Å²) < 4.78 is 1.01. The summed E-state index contributed by atoms with van der Waals surface area (Å²) >= 11 is 3.53. The number of benzene rings is 10. The van der Waals surface area contributed by atoms with Crippen LogP contribution in [0.5, 0.6) is 0 Å². The minimum absolute atomic E-state index is 0. The van der Waals surface area contributed by atoms with Crippen LogP contribution in [0.25, 0.3) is 101 Å². The van der Waals surface area contributed by atoms with Gasteiger partial charge in [0.15, 0.2) is 11.6 Å². The Labute approximate surface area is 496 Å². The minimum atomic E-state index is -1.41. The van der Waals surface area contributed by atoms with Gasteiger partial charge in [-0.2, -0.15) is 0 Å². The molecule has 0 fully saturated rings. The van der Waals surface area contributed by atoms with Gasteiger partial charge >= 0.3 is 7.12 Å². The van der Waals surface area contributed by atoms with Crippen LogP contribution in [0.15, 0.2) is 271 Å². The van der Waals surface area contributed by atoms with Gasteiger partial charge in [0, 0.05) is 48.7 Å². The smallest absolute Gasteiger partial charge is 0.423 e. The molecule has 0 unspecified atom stereocenters. The molecule has 0 amide bonds. The number of hydrogen-bond acceptors (Lipinski definition) is 6. The van der Waals surface area contributed by atoms with Gasteiger partial charge in [-0.15, -0.1) is 0 Å². The van der Waals surface area contributed by atoms with Crippen molar-refractivity contribution >= 4 is 28.5 Å². The van der Waals surface area contributed by atoms with Gasteiger partial charge in [-0.05, 0) is 97.5 Å². The monoisotopic (exact) mass is 1140 g/mol. The van der Waals surface area contributed by atoms with Crippen molar-refractivity contribution in [3.63, 3.8) is 0 Å². The zero-order valence-corrected chi connectivity index (χ0v) is 47.6. The first-order valence-electron chi connectivity index (χ1n) is 27.6. The van der Waals surface area contributed by atoms with E-state index in [1.165, 1.54) is 44.5 Å². The van der Waals surface area contributed by atoms with E-state index in [0.717, 1.165) is 83.4 Å². The largest absolute Gasteiger partial charge is 0.488 e. The molecule has 83 heavy (non-hydrogen) atoms. The highest BCUT2D eigenvalue weighted by Crippen LogP contribution is 2.50. The van der Waals surface area contributed by atoms with E-state index < -0.39 is 7.12 Å². The van der Waals surface area contributed by atoms with Gasteiger partial charge < -0.3 is 10.0 Å². The van der Waals surface area contributed by atoms with E-state index in [1.54, 1.807) is 6.07 Å². The summed E-state index contributed by atoms with van der Waals surface area (Å²) in [5.41, 5.74) is 23.1. The molecule has 12 aromatic rings. The molecule has 2 aliphatic carbocycles. The molecule has 2 aliphatic rings. The number of nitrogens with zero attached hydrogens (tertiary/aromatic N) is 4. The lowest BCUT2D eigenvalue weighted by Gasteiger charge is -2.22. The fraction of sp³-hybridized carbons (Fsp3) is 0.0933. The standard InChI is InChI=1S/C37H28N2.C22H15BrN2.C15H15BO2.CH4/c1-37(2)32-19-10-9-18-30(32)31-21-20-28(23-33(31)37)27-16-11-17-29(22-27)36-38-34(25-12-5-3-6-13-25)24-35(39-36)26-14-7-4-8-15-26;23-19-13-7-12-18(14-19)22-24-20(16-8-3-1-4-9-16)15-21(25-22)17-10-5-2-6-11-17;1-15(2)13-6-4-3-5-11(13)12-8-7-10(16(17)18)9-14(12)15;/h3-24H,1-2H3;1-15H;3-9,17-18H,1-2H3;1H4. The lowest BCUT2D eigenvalue weighted by Crippen LogP contribution is -2.31. The van der Waals surface area contributed by atoms with Gasteiger partial charge in [-0.1, -0.05) is 282 Å². The lowest BCUT2D eigenvalue weighted by molar-refractivity contribution is 0.425. The molecule has 404 valence electrons. The molecule has 6 nitrogen and oxygen atoms in total. The van der Waals surface area contributed by atoms with Gasteiger partial charge in [-0.25, -0.2) is 19.9 Å². The van der Waals surface area contributed by atoms with Crippen molar-refractivity contribution in [3.8, 4) is 101 Å². The van der Waals surface area contributed by atoms with Crippen LogP contribution in [-0.2, 0) is 10.8 Å². The third kappa shape index (κ3) is 11.4. The van der Waals surface area contributed by atoms with Crippen molar-refractivity contribution < 1.29 is 10.0 Å². The van der Waals surface area contributed by atoms with Crippen LogP contribution in [0.2, 0.25) is 0 Å². The molecular formula is C75H62BBrN4O2. The van der Waals surface area contributed by atoms with Crippen molar-refractivity contribution in [2.24, 2.45) is 0 Å². The minimum Gasteiger partial charge on any atom is -0.423 e. The summed E-state index contributed by atoms with van der Waals surface area (Å²) in [6.07, 6.45) is 0. The fourth-order valence-electron chi connectivity index (χ4n) is 11.4. The molecule has 2 N–H and O–H groups in total. The van der Waals surface area contributed by atoms with E-state index in [2.05, 4.69) is 177 Å². The Balaban J connectivity index is 0.000000141. The lowest BCUT2D eigenvalue weighted by atomic mass is 9.75. The Morgan fingerprint density at radius 1 is 0.301 bits per heavy atom. The first-order chi connectivity index (χ1) is 39.9. The Hall–Kier alpha value is -9.18. The predicted molar refractivity (Wildman–Crippen MR) is 348 cm³/mol. The van der Waals surface area contributed by atoms with Gasteiger partial charge in [0.05, 0.1) is 22.8 Å². The summed E-state index contributed by atoms with van der Waals surface area (Å²) in [6, 6.07) is 91.6. The molecular weight excluding hydrogens is 1080 g/mol. The molecule has 0 radical (unpaired) electrons. The second kappa shape index (κ2) is 23.7. The maximum atomic E-state index is 9.30. The van der Waals surface area contributed by atoms with E-state index in [1.807, 2.05) is 127 Å². The normalized spacial score (nSPS) is 12.6. The maximum absolute atomic E-state index is 9.30. The van der Waals surface area contributed by atoms with Crippen molar-refractivity contribution in [2.75, 3.05) is 0 Å². The molecule has 8 heteroatoms. The molecule has 10 aromatic carbocycles. The average Bonchev–Trinajstić information content (AvgIpc) is 2.97. The van der Waals surface area contributed by atoms with Gasteiger partial charge in [0.2, 0.25) is 0 Å². The highest BCUT2D eigenvalue weighted by Gasteiger charge is 2.37. The van der Waals surface area contributed by atoms with Gasteiger partial charge in [-0.3, -0.25) is 0 Å². The predicted octanol–water partition coefficient (Wildman–Crippen LogP) is 18.0. The van der Waals surface area contributed by atoms with E-state index >= 15 is 0 Å². The number of fused-ring (bicyclic) bond motifs is 6.